The molecular formula is C11H18ClN5OS. The maximum absolute atomic E-state index is 11.8. The number of anilines is 1. The molecule has 0 fully saturated rings. The molecule has 19 heavy (non-hydrogen) atoms. The van der Waals surface area contributed by atoms with Gasteiger partial charge in [-0.05, 0) is 13.0 Å². The third-order valence-corrected chi connectivity index (χ3v) is 3.48. The number of thioether (sulfide) groups is 1. The highest BCUT2D eigenvalue weighted by atomic mass is 35.5. The number of nitrogen functional groups attached to an aromatic ring is 1. The topological polar surface area (TPSA) is 98.1 Å². The standard InChI is InChI=1S/C11H18ClN5OS/c1-17(5-2-4-13)10(18)3-6-19-9-7-8(12)15-11(14)16-9/h7H,2-6,13H2,1H3,(H2,14,15,16). The lowest BCUT2D eigenvalue weighted by Gasteiger charge is -2.16. The Hall–Kier alpha value is -1.05. The van der Waals surface area contributed by atoms with E-state index in [9.17, 15) is 4.79 Å². The predicted octanol–water partition coefficient (Wildman–Crippen LogP) is 1.00. The molecule has 1 aromatic rings. The monoisotopic (exact) mass is 303 g/mol. The number of nitrogens with zero attached hydrogens (tertiary/aromatic N) is 3. The van der Waals surface area contributed by atoms with Gasteiger partial charge < -0.3 is 16.4 Å². The van der Waals surface area contributed by atoms with Gasteiger partial charge in [0.05, 0.1) is 0 Å². The summed E-state index contributed by atoms with van der Waals surface area (Å²) in [5, 5.41) is 0.983. The molecule has 0 bridgehead atoms. The highest BCUT2D eigenvalue weighted by Crippen LogP contribution is 2.20. The number of aromatic nitrogens is 2. The highest BCUT2D eigenvalue weighted by Gasteiger charge is 2.09. The fraction of sp³-hybridized carbons (Fsp3) is 0.545. The van der Waals surface area contributed by atoms with Gasteiger partial charge in [0.1, 0.15) is 10.2 Å². The van der Waals surface area contributed by atoms with Crippen LogP contribution in [0.5, 0.6) is 0 Å². The minimum atomic E-state index is 0.0917. The first-order chi connectivity index (χ1) is 9.02. The molecular weight excluding hydrogens is 286 g/mol. The van der Waals surface area contributed by atoms with Gasteiger partial charge in [-0.15, -0.1) is 11.8 Å². The normalized spacial score (nSPS) is 10.5. The van der Waals surface area contributed by atoms with E-state index in [0.29, 0.717) is 35.4 Å². The molecule has 0 radical (unpaired) electrons. The zero-order valence-corrected chi connectivity index (χ0v) is 12.4. The maximum Gasteiger partial charge on any atom is 0.223 e. The summed E-state index contributed by atoms with van der Waals surface area (Å²) < 4.78 is 0. The summed E-state index contributed by atoms with van der Waals surface area (Å²) in [5.41, 5.74) is 10.9. The van der Waals surface area contributed by atoms with Crippen LogP contribution in [0.4, 0.5) is 5.95 Å². The van der Waals surface area contributed by atoms with Crippen LogP contribution in [0.2, 0.25) is 5.15 Å². The van der Waals surface area contributed by atoms with Crippen LogP contribution in [0.25, 0.3) is 0 Å². The van der Waals surface area contributed by atoms with Crippen molar-refractivity contribution in [1.29, 1.82) is 0 Å². The molecule has 0 atom stereocenters. The van der Waals surface area contributed by atoms with Crippen LogP contribution in [0.1, 0.15) is 12.8 Å². The summed E-state index contributed by atoms with van der Waals surface area (Å²) in [5.74, 6) is 0.856. The van der Waals surface area contributed by atoms with Crippen molar-refractivity contribution >= 4 is 35.2 Å². The van der Waals surface area contributed by atoms with Crippen molar-refractivity contribution in [1.82, 2.24) is 14.9 Å². The lowest BCUT2D eigenvalue weighted by Crippen LogP contribution is -2.29. The van der Waals surface area contributed by atoms with Crippen LogP contribution < -0.4 is 11.5 Å². The third-order valence-electron chi connectivity index (χ3n) is 2.38. The number of amides is 1. The van der Waals surface area contributed by atoms with Gasteiger partial charge in [0.25, 0.3) is 0 Å². The van der Waals surface area contributed by atoms with Crippen molar-refractivity contribution in [3.63, 3.8) is 0 Å². The molecule has 1 heterocycles. The first kappa shape index (κ1) is 16.0. The molecule has 0 saturated carbocycles. The van der Waals surface area contributed by atoms with Gasteiger partial charge in [0.15, 0.2) is 0 Å². The Morgan fingerprint density at radius 2 is 2.26 bits per heavy atom. The first-order valence-electron chi connectivity index (χ1n) is 5.90. The average Bonchev–Trinajstić information content (AvgIpc) is 2.34. The van der Waals surface area contributed by atoms with Gasteiger partial charge in [0.2, 0.25) is 11.9 Å². The molecule has 0 aromatic carbocycles. The van der Waals surface area contributed by atoms with E-state index >= 15 is 0 Å². The summed E-state index contributed by atoms with van der Waals surface area (Å²) in [6, 6.07) is 1.63. The van der Waals surface area contributed by atoms with E-state index in [4.69, 9.17) is 23.1 Å². The molecule has 4 N–H and O–H groups in total. The van der Waals surface area contributed by atoms with E-state index in [-0.39, 0.29) is 11.9 Å². The molecule has 6 nitrogen and oxygen atoms in total. The number of halogens is 1. The molecule has 0 spiro atoms. The van der Waals surface area contributed by atoms with Crippen molar-refractivity contribution in [3.8, 4) is 0 Å². The Balaban J connectivity index is 2.35. The Kier molecular flexibility index (Phi) is 6.90. The smallest absolute Gasteiger partial charge is 0.223 e. The van der Waals surface area contributed by atoms with Gasteiger partial charge in [0, 0.05) is 31.8 Å². The molecule has 0 saturated heterocycles. The minimum absolute atomic E-state index is 0.0917. The molecule has 0 aliphatic heterocycles. The number of carbonyl (C=O) groups excluding carboxylic acids is 1. The van der Waals surface area contributed by atoms with Crippen molar-refractivity contribution in [2.24, 2.45) is 5.73 Å². The summed E-state index contributed by atoms with van der Waals surface area (Å²) in [6.45, 7) is 1.28. The Morgan fingerprint density at radius 1 is 1.53 bits per heavy atom. The van der Waals surface area contributed by atoms with Crippen molar-refractivity contribution in [2.45, 2.75) is 17.9 Å². The van der Waals surface area contributed by atoms with Crippen molar-refractivity contribution < 1.29 is 4.79 Å². The van der Waals surface area contributed by atoms with Crippen molar-refractivity contribution in [2.75, 3.05) is 31.6 Å². The Labute approximate surface area is 121 Å². The lowest BCUT2D eigenvalue weighted by atomic mass is 10.3. The van der Waals surface area contributed by atoms with Crippen LogP contribution >= 0.6 is 23.4 Å². The van der Waals surface area contributed by atoms with E-state index in [0.717, 1.165) is 6.42 Å². The highest BCUT2D eigenvalue weighted by molar-refractivity contribution is 7.99. The average molecular weight is 304 g/mol. The number of carbonyl (C=O) groups is 1. The predicted molar refractivity (Wildman–Crippen MR) is 78.1 cm³/mol. The largest absolute Gasteiger partial charge is 0.368 e. The van der Waals surface area contributed by atoms with Crippen LogP contribution in [-0.4, -0.2) is 46.7 Å². The Bertz CT molecular complexity index is 411. The van der Waals surface area contributed by atoms with E-state index in [1.54, 1.807) is 18.0 Å². The zero-order valence-electron chi connectivity index (χ0n) is 10.8. The van der Waals surface area contributed by atoms with Gasteiger partial charge in [-0.1, -0.05) is 11.6 Å². The second-order valence-corrected chi connectivity index (χ2v) is 5.45. The SMILES string of the molecule is CN(CCCN)C(=O)CCSc1cc(Cl)nc(N)n1. The summed E-state index contributed by atoms with van der Waals surface area (Å²) in [4.78, 5) is 21.3. The zero-order chi connectivity index (χ0) is 14.3. The molecule has 1 aromatic heterocycles. The molecule has 1 amide bonds. The quantitative estimate of drug-likeness (QED) is 0.576. The van der Waals surface area contributed by atoms with Crippen molar-refractivity contribution in [3.05, 3.63) is 11.2 Å². The third kappa shape index (κ3) is 6.09. The molecule has 0 aliphatic carbocycles. The van der Waals surface area contributed by atoms with Crippen LogP contribution in [0, 0.1) is 0 Å². The van der Waals surface area contributed by atoms with Gasteiger partial charge in [-0.3, -0.25) is 4.79 Å². The second kappa shape index (κ2) is 8.19. The fourth-order valence-corrected chi connectivity index (χ4v) is 2.47. The van der Waals surface area contributed by atoms with Crippen LogP contribution in [0.15, 0.2) is 11.1 Å². The molecule has 8 heteroatoms. The minimum Gasteiger partial charge on any atom is -0.368 e. The number of hydrogen-bond acceptors (Lipinski definition) is 6. The van der Waals surface area contributed by atoms with Crippen LogP contribution in [-0.2, 0) is 4.79 Å². The van der Waals surface area contributed by atoms with E-state index in [1.165, 1.54) is 11.8 Å². The number of hydrogen-bond donors (Lipinski definition) is 2. The molecule has 0 aliphatic rings. The van der Waals surface area contributed by atoms with Gasteiger partial charge in [-0.2, -0.15) is 0 Å². The second-order valence-electron chi connectivity index (χ2n) is 3.94. The summed E-state index contributed by atoms with van der Waals surface area (Å²) in [7, 11) is 1.78. The fourth-order valence-electron chi connectivity index (χ4n) is 1.37. The Morgan fingerprint density at radius 3 is 2.89 bits per heavy atom. The molecule has 0 unspecified atom stereocenters. The van der Waals surface area contributed by atoms with Crippen LogP contribution in [0.3, 0.4) is 0 Å². The van der Waals surface area contributed by atoms with Gasteiger partial charge >= 0.3 is 0 Å². The van der Waals surface area contributed by atoms with Gasteiger partial charge in [-0.25, -0.2) is 9.97 Å². The van der Waals surface area contributed by atoms with E-state index in [1.807, 2.05) is 0 Å². The molecule has 1 rings (SSSR count). The number of rotatable bonds is 7. The number of nitrogens with two attached hydrogens (primary N) is 2. The van der Waals surface area contributed by atoms with E-state index in [2.05, 4.69) is 9.97 Å². The maximum atomic E-state index is 11.8. The summed E-state index contributed by atoms with van der Waals surface area (Å²) >= 11 is 7.20. The summed E-state index contributed by atoms with van der Waals surface area (Å²) in [6.07, 6.45) is 1.25. The van der Waals surface area contributed by atoms with E-state index < -0.39 is 0 Å². The lowest BCUT2D eigenvalue weighted by molar-refractivity contribution is -0.129. The molecule has 106 valence electrons. The first-order valence-corrected chi connectivity index (χ1v) is 7.26.